The number of carbonyl (C=O) groups excluding carboxylic acids is 1. The monoisotopic (exact) mass is 513 g/mol. The first-order valence-corrected chi connectivity index (χ1v) is 11.3. The molecule has 1 aliphatic rings. The van der Waals surface area contributed by atoms with Gasteiger partial charge in [0.25, 0.3) is 5.91 Å². The van der Waals surface area contributed by atoms with Crippen LogP contribution >= 0.6 is 34.8 Å². The zero-order valence-corrected chi connectivity index (χ0v) is 23.0. The van der Waals surface area contributed by atoms with Crippen molar-refractivity contribution in [3.63, 3.8) is 0 Å². The molecule has 8 heteroatoms. The maximum atomic E-state index is 11.9. The smallest absolute Gasteiger partial charge is 0.551 e. The quantitative estimate of drug-likeness (QED) is 0.411. The van der Waals surface area contributed by atoms with Crippen molar-refractivity contribution in [1.29, 1.82) is 0 Å². The van der Waals surface area contributed by atoms with E-state index in [1.165, 1.54) is 0 Å². The van der Waals surface area contributed by atoms with Crippen LogP contribution in [0.2, 0.25) is 15.1 Å². The molecule has 1 aliphatic heterocycles. The van der Waals surface area contributed by atoms with Gasteiger partial charge in [-0.05, 0) is 68.3 Å². The molecule has 0 saturated heterocycles. The zero-order valence-electron chi connectivity index (χ0n) is 18.8. The number of aryl methyl sites for hydroxylation is 1. The van der Waals surface area contributed by atoms with Crippen LogP contribution in [0.5, 0.6) is 17.2 Å². The number of nitrogens with one attached hydrogen (secondary N) is 1. The van der Waals surface area contributed by atoms with Crippen molar-refractivity contribution in [2.75, 3.05) is 13.2 Å². The molecule has 4 nitrogen and oxygen atoms in total. The molecule has 0 spiro atoms. The van der Waals surface area contributed by atoms with Crippen molar-refractivity contribution in [2.24, 2.45) is 0 Å². The van der Waals surface area contributed by atoms with E-state index in [0.717, 1.165) is 23.3 Å². The Morgan fingerprint density at radius 2 is 1.79 bits per heavy atom. The van der Waals surface area contributed by atoms with E-state index >= 15 is 0 Å². The first kappa shape index (κ1) is 27.7. The SMILES string of the molecule is CCNC(=O)c1ccc(Oc2cc3c(cc2Cl)[CH-]CCO3)c(C)c1.Clc1cccc(Cl)c1.[Na+]. The van der Waals surface area contributed by atoms with Crippen molar-refractivity contribution >= 4 is 40.7 Å². The van der Waals surface area contributed by atoms with Gasteiger partial charge < -0.3 is 14.8 Å². The van der Waals surface area contributed by atoms with Crippen LogP contribution in [-0.2, 0) is 0 Å². The Labute approximate surface area is 231 Å². The third-order valence-corrected chi connectivity index (χ3v) is 5.35. The van der Waals surface area contributed by atoms with Crippen LogP contribution in [0.1, 0.15) is 34.8 Å². The maximum absolute atomic E-state index is 11.9. The number of halogens is 3. The molecule has 0 aromatic heterocycles. The van der Waals surface area contributed by atoms with Gasteiger partial charge in [-0.3, -0.25) is 4.79 Å². The van der Waals surface area contributed by atoms with Gasteiger partial charge in [0.1, 0.15) is 11.5 Å². The molecule has 0 atom stereocenters. The number of hydrogen-bond donors (Lipinski definition) is 1. The average Bonchev–Trinajstić information content (AvgIpc) is 2.76. The van der Waals surface area contributed by atoms with Gasteiger partial charge in [-0.25, -0.2) is 0 Å². The summed E-state index contributed by atoms with van der Waals surface area (Å²) in [6.07, 6.45) is 2.98. The van der Waals surface area contributed by atoms with E-state index < -0.39 is 0 Å². The van der Waals surface area contributed by atoms with Crippen molar-refractivity contribution in [1.82, 2.24) is 5.32 Å². The van der Waals surface area contributed by atoms with Crippen LogP contribution in [-0.4, -0.2) is 19.1 Å². The summed E-state index contributed by atoms with van der Waals surface area (Å²) in [5, 5.41) is 4.67. The Bertz CT molecular complexity index is 1090. The van der Waals surface area contributed by atoms with E-state index in [-0.39, 0.29) is 35.5 Å². The Kier molecular flexibility index (Phi) is 11.2. The van der Waals surface area contributed by atoms with E-state index in [0.29, 0.717) is 45.3 Å². The van der Waals surface area contributed by atoms with E-state index in [4.69, 9.17) is 44.3 Å². The normalized spacial score (nSPS) is 11.4. The third kappa shape index (κ3) is 8.03. The number of hydrogen-bond acceptors (Lipinski definition) is 3. The minimum absolute atomic E-state index is 0. The fourth-order valence-corrected chi connectivity index (χ4v) is 3.69. The topological polar surface area (TPSA) is 47.6 Å². The van der Waals surface area contributed by atoms with Crippen LogP contribution in [0, 0.1) is 13.3 Å². The summed E-state index contributed by atoms with van der Waals surface area (Å²) in [4.78, 5) is 11.9. The number of rotatable bonds is 4. The number of fused-ring (bicyclic) bond motifs is 1. The molecule has 33 heavy (non-hydrogen) atoms. The molecule has 0 bridgehead atoms. The summed E-state index contributed by atoms with van der Waals surface area (Å²) in [6, 6.07) is 16.1. The Hall–Kier alpha value is -1.53. The molecular weight excluding hydrogens is 492 g/mol. The van der Waals surface area contributed by atoms with Crippen molar-refractivity contribution < 1.29 is 43.8 Å². The van der Waals surface area contributed by atoms with Crippen LogP contribution < -0.4 is 44.3 Å². The fraction of sp³-hybridized carbons (Fsp3) is 0.200. The summed E-state index contributed by atoms with van der Waals surface area (Å²) in [6.45, 7) is 5.04. The summed E-state index contributed by atoms with van der Waals surface area (Å²) in [7, 11) is 0. The van der Waals surface area contributed by atoms with Crippen molar-refractivity contribution in [3.8, 4) is 17.2 Å². The van der Waals surface area contributed by atoms with Gasteiger partial charge in [-0.2, -0.15) is 6.42 Å². The van der Waals surface area contributed by atoms with Crippen LogP contribution in [0.3, 0.4) is 0 Å². The van der Waals surface area contributed by atoms with Gasteiger partial charge in [0.05, 0.1) is 6.61 Å². The standard InChI is InChI=1S/C19H19ClNO3.C6H4Cl2.Na/c1-3-21-19(22)14-6-7-16(12(2)9-14)24-18-11-17-13(10-15(18)20)5-4-8-23-17;7-5-2-1-3-6(8)4-5;/h5-7,9-11H,3-4,8H2,1-2H3,(H,21,22);1-4H;/q-1;;+1. The van der Waals surface area contributed by atoms with Gasteiger partial charge in [0.2, 0.25) is 0 Å². The maximum Gasteiger partial charge on any atom is 1.00 e. The second-order valence-corrected chi connectivity index (χ2v) is 8.32. The summed E-state index contributed by atoms with van der Waals surface area (Å²) < 4.78 is 11.6. The zero-order chi connectivity index (χ0) is 23.1. The number of amides is 1. The first-order chi connectivity index (χ1) is 15.4. The van der Waals surface area contributed by atoms with E-state index in [9.17, 15) is 4.79 Å². The molecule has 1 amide bonds. The molecule has 1 N–H and O–H groups in total. The molecule has 0 radical (unpaired) electrons. The Morgan fingerprint density at radius 3 is 2.39 bits per heavy atom. The number of carbonyl (C=O) groups is 1. The molecule has 3 aromatic rings. The second kappa shape index (κ2) is 13.4. The predicted molar refractivity (Wildman–Crippen MR) is 131 cm³/mol. The van der Waals surface area contributed by atoms with Crippen LogP contribution in [0.4, 0.5) is 0 Å². The molecule has 4 rings (SSSR count). The first-order valence-electron chi connectivity index (χ1n) is 10.1. The predicted octanol–water partition coefficient (Wildman–Crippen LogP) is 4.52. The summed E-state index contributed by atoms with van der Waals surface area (Å²) in [5.41, 5.74) is 2.46. The van der Waals surface area contributed by atoms with E-state index in [1.807, 2.05) is 32.0 Å². The van der Waals surface area contributed by atoms with Gasteiger partial charge in [-0.15, -0.1) is 11.6 Å². The molecule has 168 valence electrons. The minimum Gasteiger partial charge on any atom is -0.551 e. The van der Waals surface area contributed by atoms with Crippen molar-refractivity contribution in [3.05, 3.63) is 92.8 Å². The third-order valence-electron chi connectivity index (χ3n) is 4.59. The minimum atomic E-state index is -0.0945. The summed E-state index contributed by atoms with van der Waals surface area (Å²) in [5.74, 6) is 1.88. The van der Waals surface area contributed by atoms with Gasteiger partial charge in [0.15, 0.2) is 0 Å². The van der Waals surface area contributed by atoms with Gasteiger partial charge in [0, 0.05) is 32.9 Å². The van der Waals surface area contributed by atoms with Gasteiger partial charge in [-0.1, -0.05) is 40.9 Å². The Balaban J connectivity index is 0.000000364. The summed E-state index contributed by atoms with van der Waals surface area (Å²) >= 11 is 17.4. The molecule has 0 unspecified atom stereocenters. The molecular formula is C25H23Cl3NNaO3. The molecule has 3 aromatic carbocycles. The Morgan fingerprint density at radius 1 is 1.06 bits per heavy atom. The van der Waals surface area contributed by atoms with E-state index in [2.05, 4.69) is 11.7 Å². The van der Waals surface area contributed by atoms with E-state index in [1.54, 1.807) is 36.4 Å². The largest absolute Gasteiger partial charge is 1.00 e. The molecule has 0 saturated carbocycles. The molecule has 1 heterocycles. The van der Waals surface area contributed by atoms with Crippen LogP contribution in [0.25, 0.3) is 0 Å². The number of benzene rings is 3. The van der Waals surface area contributed by atoms with Crippen molar-refractivity contribution in [2.45, 2.75) is 20.3 Å². The second-order valence-electron chi connectivity index (χ2n) is 7.04. The molecule has 0 aliphatic carbocycles. The van der Waals surface area contributed by atoms with Gasteiger partial charge >= 0.3 is 29.6 Å². The van der Waals surface area contributed by atoms with Crippen LogP contribution in [0.15, 0.2) is 54.6 Å². The number of ether oxygens (including phenoxy) is 2. The average molecular weight is 515 g/mol. The fourth-order valence-electron chi connectivity index (χ4n) is 3.04. The molecule has 0 fully saturated rings.